The van der Waals surface area contributed by atoms with Crippen molar-refractivity contribution in [2.75, 3.05) is 52.4 Å². The van der Waals surface area contributed by atoms with Crippen LogP contribution in [0.3, 0.4) is 0 Å². The third kappa shape index (κ3) is 14.9. The number of quaternary nitrogens is 2. The van der Waals surface area contributed by atoms with Gasteiger partial charge in [-0.3, -0.25) is 0 Å². The molecule has 0 spiro atoms. The Balaban J connectivity index is -0.000000293. The molecule has 156 valence electrons. The minimum absolute atomic E-state index is 1.28. The van der Waals surface area contributed by atoms with E-state index in [1.165, 1.54) is 61.3 Å². The monoisotopic (exact) mass is 404 g/mol. The smallest absolute Gasteiger partial charge is 0.0994 e. The van der Waals surface area contributed by atoms with Gasteiger partial charge in [0.1, 0.15) is 0 Å². The molecule has 0 unspecified atom stereocenters. The van der Waals surface area contributed by atoms with Gasteiger partial charge in [-0.1, -0.05) is 0 Å². The van der Waals surface area contributed by atoms with Crippen molar-refractivity contribution in [3.63, 3.8) is 0 Å². The van der Waals surface area contributed by atoms with Gasteiger partial charge < -0.3 is 18.1 Å². The van der Waals surface area contributed by atoms with E-state index in [0.717, 1.165) is 0 Å². The molecule has 9 heteroatoms. The van der Waals surface area contributed by atoms with Crippen LogP contribution in [-0.2, 0) is 26.4 Å². The lowest BCUT2D eigenvalue weighted by Crippen LogP contribution is -2.47. The fraction of sp³-hybridized carbons (Fsp3) is 1.00. The predicted octanol–water partition coefficient (Wildman–Crippen LogP) is 2.36. The molecule has 7 nitrogen and oxygen atoms in total. The zero-order valence-corrected chi connectivity index (χ0v) is 19.0. The van der Waals surface area contributed by atoms with Crippen molar-refractivity contribution in [3.8, 4) is 0 Å². The van der Waals surface area contributed by atoms with Crippen LogP contribution in [0.15, 0.2) is 0 Å². The summed E-state index contributed by atoms with van der Waals surface area (Å²) in [5, 5.41) is 0. The van der Waals surface area contributed by atoms with Crippen LogP contribution in [-0.4, -0.2) is 78.8 Å². The molecule has 0 saturated carbocycles. The Hall–Kier alpha value is 0.1000. The summed E-state index contributed by atoms with van der Waals surface area (Å²) in [5.41, 5.74) is 0. The molecule has 0 saturated heterocycles. The maximum Gasteiger partial charge on any atom is 0.0994 e. The summed E-state index contributed by atoms with van der Waals surface area (Å²) < 4.78 is 42.4. The highest BCUT2D eigenvalue weighted by atomic mass is 32.3. The van der Waals surface area contributed by atoms with Crippen LogP contribution in [0.4, 0.5) is 0 Å². The summed E-state index contributed by atoms with van der Waals surface area (Å²) in [6.45, 7) is 28.4. The Morgan fingerprint density at radius 1 is 0.560 bits per heavy atom. The first-order chi connectivity index (χ1) is 11.6. The van der Waals surface area contributed by atoms with Gasteiger partial charge in [0.25, 0.3) is 0 Å². The maximum atomic E-state index is 9.19. The van der Waals surface area contributed by atoms with Crippen LogP contribution in [0.2, 0.25) is 0 Å². The van der Waals surface area contributed by atoms with Crippen molar-refractivity contribution >= 4 is 22.7 Å². The van der Waals surface area contributed by atoms with E-state index in [1.807, 2.05) is 0 Å². The molecule has 0 rings (SSSR count). The fourth-order valence-corrected chi connectivity index (χ4v) is 3.09. The topological polar surface area (TPSA) is 89.5 Å². The second kappa shape index (κ2) is 17.5. The molecule has 0 bridgehead atoms. The number of hydrogen-bond donors (Lipinski definition) is 0. The average molecular weight is 405 g/mol. The second-order valence-electron chi connectivity index (χ2n) is 5.69. The molecule has 0 aliphatic carbocycles. The molecule has 0 N–H and O–H groups in total. The van der Waals surface area contributed by atoms with Gasteiger partial charge >= 0.3 is 0 Å². The third-order valence-corrected chi connectivity index (χ3v) is 6.37. The van der Waals surface area contributed by atoms with Gasteiger partial charge in [-0.2, -0.15) is 0 Å². The molecule has 25 heavy (non-hydrogen) atoms. The standard InChI is InChI=1S/2C8H20N.H2O5S2/c2*1-5-9(6-2,7-3)8-4;1-6(2)5-7(3)4/h2*5-8H2,1-4H3;(H,1,2)(H,3,4)/q2*+1;/p-2. The lowest BCUT2D eigenvalue weighted by atomic mass is 10.3. The van der Waals surface area contributed by atoms with Crippen molar-refractivity contribution in [2.24, 2.45) is 0 Å². The SMILES string of the molecule is CC[N+](CC)(CC)CC.CC[N+](CC)(CC)CC.O=S([O-])OS(=O)[O-]. The van der Waals surface area contributed by atoms with E-state index >= 15 is 0 Å². The maximum absolute atomic E-state index is 9.19. The van der Waals surface area contributed by atoms with Crippen LogP contribution in [0, 0.1) is 0 Å². The van der Waals surface area contributed by atoms with E-state index < -0.39 is 22.7 Å². The van der Waals surface area contributed by atoms with E-state index in [4.69, 9.17) is 0 Å². The summed E-state index contributed by atoms with van der Waals surface area (Å²) >= 11 is -5.92. The highest BCUT2D eigenvalue weighted by Crippen LogP contribution is 2.03. The summed E-state index contributed by atoms with van der Waals surface area (Å²) in [5.74, 6) is 0. The lowest BCUT2D eigenvalue weighted by molar-refractivity contribution is -0.921. The van der Waals surface area contributed by atoms with Crippen LogP contribution < -0.4 is 0 Å². The molecule has 0 atom stereocenters. The van der Waals surface area contributed by atoms with E-state index in [9.17, 15) is 17.5 Å². The van der Waals surface area contributed by atoms with Crippen molar-refractivity contribution in [1.82, 2.24) is 0 Å². The Morgan fingerprint density at radius 3 is 0.720 bits per heavy atom. The van der Waals surface area contributed by atoms with E-state index in [2.05, 4.69) is 59.0 Å². The minimum Gasteiger partial charge on any atom is -0.749 e. The van der Waals surface area contributed by atoms with Gasteiger partial charge in [-0.15, -0.1) is 0 Å². The summed E-state index contributed by atoms with van der Waals surface area (Å²) in [7, 11) is 0. The first-order valence-corrected chi connectivity index (χ1v) is 11.2. The third-order valence-electron chi connectivity index (χ3n) is 5.48. The molecule has 0 aliphatic rings. The molecule has 0 aliphatic heterocycles. The highest BCUT2D eigenvalue weighted by Gasteiger charge is 2.16. The molecule has 0 radical (unpaired) electrons. The molecule has 0 aromatic rings. The average Bonchev–Trinajstić information content (AvgIpc) is 2.60. The summed E-state index contributed by atoms with van der Waals surface area (Å²) in [4.78, 5) is 0. The molecule has 0 heterocycles. The molecule has 0 aromatic heterocycles. The van der Waals surface area contributed by atoms with Gasteiger partial charge in [-0.25, -0.2) is 12.0 Å². The van der Waals surface area contributed by atoms with Crippen LogP contribution in [0.5, 0.6) is 0 Å². The number of nitrogens with zero attached hydrogens (tertiary/aromatic N) is 2. The highest BCUT2D eigenvalue weighted by molar-refractivity contribution is 7.87. The number of rotatable bonds is 10. The lowest BCUT2D eigenvalue weighted by Gasteiger charge is -2.34. The Kier molecular flexibility index (Phi) is 20.9. The molecular weight excluding hydrogens is 364 g/mol. The van der Waals surface area contributed by atoms with Crippen molar-refractivity contribution in [3.05, 3.63) is 0 Å². The van der Waals surface area contributed by atoms with E-state index in [1.54, 1.807) is 0 Å². The summed E-state index contributed by atoms with van der Waals surface area (Å²) in [6.07, 6.45) is 0. The Labute approximate surface area is 160 Å². The van der Waals surface area contributed by atoms with Crippen molar-refractivity contribution in [2.45, 2.75) is 55.4 Å². The van der Waals surface area contributed by atoms with Crippen LogP contribution >= 0.6 is 0 Å². The predicted molar refractivity (Wildman–Crippen MR) is 104 cm³/mol. The van der Waals surface area contributed by atoms with E-state index in [-0.39, 0.29) is 0 Å². The molecule has 0 aromatic carbocycles. The van der Waals surface area contributed by atoms with E-state index in [0.29, 0.717) is 0 Å². The summed E-state index contributed by atoms with van der Waals surface area (Å²) in [6, 6.07) is 0. The molecule has 0 amide bonds. The molecule has 0 fully saturated rings. The quantitative estimate of drug-likeness (QED) is 0.412. The minimum atomic E-state index is -2.96. The van der Waals surface area contributed by atoms with Gasteiger partial charge in [0.15, 0.2) is 0 Å². The van der Waals surface area contributed by atoms with Crippen LogP contribution in [0.1, 0.15) is 55.4 Å². The zero-order valence-electron chi connectivity index (χ0n) is 17.4. The number of hydrogen-bond acceptors (Lipinski definition) is 5. The largest absolute Gasteiger partial charge is 0.749 e. The Morgan fingerprint density at radius 2 is 0.720 bits per heavy atom. The first-order valence-electron chi connectivity index (χ1n) is 9.19. The molecular formula is C16H40N2O5S2. The van der Waals surface area contributed by atoms with Gasteiger partial charge in [0.05, 0.1) is 75.1 Å². The Bertz CT molecular complexity index is 282. The normalized spacial score (nSPS) is 13.8. The van der Waals surface area contributed by atoms with Crippen molar-refractivity contribution < 1.29 is 30.1 Å². The fourth-order valence-electron chi connectivity index (χ4n) is 2.73. The van der Waals surface area contributed by atoms with Gasteiger partial charge in [0.2, 0.25) is 0 Å². The van der Waals surface area contributed by atoms with Crippen molar-refractivity contribution in [1.29, 1.82) is 0 Å². The first kappa shape index (κ1) is 29.8. The van der Waals surface area contributed by atoms with Gasteiger partial charge in [-0.05, 0) is 55.4 Å². The van der Waals surface area contributed by atoms with Crippen LogP contribution in [0.25, 0.3) is 0 Å². The zero-order chi connectivity index (χ0) is 20.5. The van der Waals surface area contributed by atoms with Gasteiger partial charge in [0, 0.05) is 0 Å². The second-order valence-corrected chi connectivity index (χ2v) is 7.05.